The molecule has 1 saturated carbocycles. The first kappa shape index (κ1) is 19.6. The Morgan fingerprint density at radius 1 is 1.10 bits per heavy atom. The number of nitrogens with one attached hydrogen (secondary N) is 1. The van der Waals surface area contributed by atoms with E-state index in [1.807, 2.05) is 24.3 Å². The Bertz CT molecular complexity index is 930. The Hall–Kier alpha value is -2.37. The monoisotopic (exact) mass is 406 g/mol. The lowest BCUT2D eigenvalue weighted by molar-refractivity contribution is -0.206. The van der Waals surface area contributed by atoms with Crippen LogP contribution in [0.3, 0.4) is 0 Å². The van der Waals surface area contributed by atoms with Gasteiger partial charge in [0.15, 0.2) is 0 Å². The Balaban J connectivity index is 1.35. The second-order valence-corrected chi connectivity index (χ2v) is 8.71. The van der Waals surface area contributed by atoms with Crippen LogP contribution >= 0.6 is 0 Å². The lowest BCUT2D eigenvalue weighted by Gasteiger charge is -2.45. The van der Waals surface area contributed by atoms with Gasteiger partial charge in [0.25, 0.3) is 5.91 Å². The third kappa shape index (κ3) is 3.72. The van der Waals surface area contributed by atoms with Gasteiger partial charge in [-0.25, -0.2) is 0 Å². The number of carbonyl (C=O) groups is 1. The Morgan fingerprint density at radius 3 is 2.63 bits per heavy atom. The summed E-state index contributed by atoms with van der Waals surface area (Å²) in [5.41, 5.74) is 3.98. The molecule has 158 valence electrons. The fraction of sp³-hybridized carbons (Fsp3) is 0.480. The summed E-state index contributed by atoms with van der Waals surface area (Å²) in [7, 11) is 1.65. The number of fused-ring (bicyclic) bond motifs is 1. The molecule has 5 nitrogen and oxygen atoms in total. The summed E-state index contributed by atoms with van der Waals surface area (Å²) in [6.07, 6.45) is 6.77. The predicted octanol–water partition coefficient (Wildman–Crippen LogP) is 4.01. The highest BCUT2D eigenvalue weighted by Crippen LogP contribution is 2.38. The number of nitrogens with zero attached hydrogens (tertiary/aromatic N) is 1. The van der Waals surface area contributed by atoms with Gasteiger partial charge in [0, 0.05) is 44.6 Å². The quantitative estimate of drug-likeness (QED) is 0.837. The first-order valence-corrected chi connectivity index (χ1v) is 11.2. The summed E-state index contributed by atoms with van der Waals surface area (Å²) in [4.78, 5) is 14.6. The molecule has 0 bridgehead atoms. The number of likely N-dealkylation sites (tertiary alicyclic amines) is 1. The van der Waals surface area contributed by atoms with Crippen molar-refractivity contribution in [2.45, 2.75) is 50.4 Å². The molecule has 2 aliphatic heterocycles. The molecule has 2 fully saturated rings. The lowest BCUT2D eigenvalue weighted by Crippen LogP contribution is -2.53. The lowest BCUT2D eigenvalue weighted by atomic mass is 9.89. The van der Waals surface area contributed by atoms with Crippen LogP contribution in [0, 0.1) is 0 Å². The number of hydrogen-bond donors (Lipinski definition) is 1. The predicted molar refractivity (Wildman–Crippen MR) is 117 cm³/mol. The van der Waals surface area contributed by atoms with Crippen LogP contribution in [0.1, 0.15) is 48.0 Å². The molecule has 1 aliphatic carbocycles. The number of amides is 1. The molecular weight excluding hydrogens is 376 g/mol. The van der Waals surface area contributed by atoms with Gasteiger partial charge in [0.1, 0.15) is 5.75 Å². The van der Waals surface area contributed by atoms with E-state index in [-0.39, 0.29) is 5.91 Å². The minimum atomic E-state index is -0.480. The molecule has 0 aromatic heterocycles. The normalized spacial score (nSPS) is 21.2. The third-order valence-electron chi connectivity index (χ3n) is 6.93. The summed E-state index contributed by atoms with van der Waals surface area (Å²) in [5, 5.41) is 2.69. The maximum atomic E-state index is 12.0. The van der Waals surface area contributed by atoms with Crippen molar-refractivity contribution in [3.05, 3.63) is 53.6 Å². The van der Waals surface area contributed by atoms with E-state index in [0.717, 1.165) is 55.3 Å². The van der Waals surface area contributed by atoms with Gasteiger partial charge in [-0.1, -0.05) is 24.6 Å². The standard InChI is InChI=1S/C25H30N2O3/c1-26-24(28)21-5-2-4-18(17-21)19-8-9-23-20(16-19)10-15-29-25(30-23)11-13-27(14-12-25)22-6-3-7-22/h2,4-5,8-9,16-17,22H,3,6-7,10-15H2,1H3,(H,26,28). The van der Waals surface area contributed by atoms with E-state index in [4.69, 9.17) is 9.47 Å². The zero-order valence-corrected chi connectivity index (χ0v) is 17.7. The summed E-state index contributed by atoms with van der Waals surface area (Å²) >= 11 is 0. The SMILES string of the molecule is CNC(=O)c1cccc(-c2ccc3c(c2)CCOC2(CCN(C4CCC4)CC2)O3)c1. The van der Waals surface area contributed by atoms with Crippen LogP contribution in [0.5, 0.6) is 5.75 Å². The van der Waals surface area contributed by atoms with E-state index in [2.05, 4.69) is 28.4 Å². The van der Waals surface area contributed by atoms with Gasteiger partial charge < -0.3 is 14.8 Å². The second kappa shape index (κ2) is 8.05. The van der Waals surface area contributed by atoms with E-state index >= 15 is 0 Å². The molecule has 0 unspecified atom stereocenters. The van der Waals surface area contributed by atoms with Crippen LogP contribution in [0.15, 0.2) is 42.5 Å². The maximum absolute atomic E-state index is 12.0. The van der Waals surface area contributed by atoms with E-state index in [9.17, 15) is 4.79 Å². The second-order valence-electron chi connectivity index (χ2n) is 8.71. The van der Waals surface area contributed by atoms with E-state index in [0.29, 0.717) is 12.2 Å². The topological polar surface area (TPSA) is 50.8 Å². The molecule has 2 aromatic rings. The Kier molecular flexibility index (Phi) is 5.25. The van der Waals surface area contributed by atoms with Crippen molar-refractivity contribution in [2.24, 2.45) is 0 Å². The largest absolute Gasteiger partial charge is 0.462 e. The summed E-state index contributed by atoms with van der Waals surface area (Å²) in [5.74, 6) is 0.390. The highest BCUT2D eigenvalue weighted by molar-refractivity contribution is 5.95. The van der Waals surface area contributed by atoms with Crippen LogP contribution in [0.2, 0.25) is 0 Å². The molecule has 1 saturated heterocycles. The third-order valence-corrected chi connectivity index (χ3v) is 6.93. The van der Waals surface area contributed by atoms with Crippen LogP contribution in [-0.2, 0) is 11.2 Å². The number of benzene rings is 2. The molecule has 2 aromatic carbocycles. The van der Waals surface area contributed by atoms with E-state index in [1.54, 1.807) is 7.05 Å². The number of rotatable bonds is 3. The molecule has 3 aliphatic rings. The van der Waals surface area contributed by atoms with Crippen molar-refractivity contribution in [1.82, 2.24) is 10.2 Å². The van der Waals surface area contributed by atoms with Gasteiger partial charge in [-0.3, -0.25) is 9.69 Å². The smallest absolute Gasteiger partial charge is 0.251 e. The Labute approximate surface area is 178 Å². The molecule has 5 rings (SSSR count). The Morgan fingerprint density at radius 2 is 1.90 bits per heavy atom. The molecule has 0 atom stereocenters. The average molecular weight is 407 g/mol. The van der Waals surface area contributed by atoms with Crippen molar-refractivity contribution in [3.63, 3.8) is 0 Å². The number of ether oxygens (including phenoxy) is 2. The fourth-order valence-electron chi connectivity index (χ4n) is 4.84. The highest BCUT2D eigenvalue weighted by atomic mass is 16.7. The summed E-state index contributed by atoms with van der Waals surface area (Å²) < 4.78 is 12.8. The molecule has 2 heterocycles. The minimum Gasteiger partial charge on any atom is -0.462 e. The zero-order chi connectivity index (χ0) is 20.6. The highest BCUT2D eigenvalue weighted by Gasteiger charge is 2.41. The number of carbonyl (C=O) groups excluding carboxylic acids is 1. The van der Waals surface area contributed by atoms with Gasteiger partial charge >= 0.3 is 0 Å². The number of hydrogen-bond acceptors (Lipinski definition) is 4. The van der Waals surface area contributed by atoms with E-state index < -0.39 is 5.79 Å². The van der Waals surface area contributed by atoms with Gasteiger partial charge in [0.05, 0.1) is 6.61 Å². The summed E-state index contributed by atoms with van der Waals surface area (Å²) in [6, 6.07) is 14.9. The van der Waals surface area contributed by atoms with Crippen LogP contribution in [-0.4, -0.2) is 49.4 Å². The van der Waals surface area contributed by atoms with Crippen molar-refractivity contribution in [1.29, 1.82) is 0 Å². The van der Waals surface area contributed by atoms with Gasteiger partial charge in [-0.2, -0.15) is 0 Å². The molecule has 5 heteroatoms. The van der Waals surface area contributed by atoms with E-state index in [1.165, 1.54) is 24.8 Å². The minimum absolute atomic E-state index is 0.0708. The average Bonchev–Trinajstić information content (AvgIpc) is 2.92. The fourth-order valence-corrected chi connectivity index (χ4v) is 4.84. The van der Waals surface area contributed by atoms with Gasteiger partial charge in [-0.15, -0.1) is 0 Å². The van der Waals surface area contributed by atoms with Crippen molar-refractivity contribution >= 4 is 5.91 Å². The van der Waals surface area contributed by atoms with Gasteiger partial charge in [-0.05, 0) is 60.2 Å². The maximum Gasteiger partial charge on any atom is 0.251 e. The molecule has 1 amide bonds. The van der Waals surface area contributed by atoms with Crippen molar-refractivity contribution in [3.8, 4) is 16.9 Å². The van der Waals surface area contributed by atoms with Gasteiger partial charge in [0.2, 0.25) is 5.79 Å². The van der Waals surface area contributed by atoms with Crippen molar-refractivity contribution in [2.75, 3.05) is 26.7 Å². The number of piperidine rings is 1. The molecule has 1 spiro atoms. The first-order chi connectivity index (χ1) is 14.7. The molecule has 0 radical (unpaired) electrons. The van der Waals surface area contributed by atoms with Crippen LogP contribution in [0.4, 0.5) is 0 Å². The molecule has 1 N–H and O–H groups in total. The molecule has 30 heavy (non-hydrogen) atoms. The van der Waals surface area contributed by atoms with Crippen molar-refractivity contribution < 1.29 is 14.3 Å². The zero-order valence-electron chi connectivity index (χ0n) is 17.7. The summed E-state index contributed by atoms with van der Waals surface area (Å²) in [6.45, 7) is 2.80. The van der Waals surface area contributed by atoms with Crippen LogP contribution < -0.4 is 10.1 Å². The first-order valence-electron chi connectivity index (χ1n) is 11.2. The molecular formula is C25H30N2O3. The van der Waals surface area contributed by atoms with Crippen LogP contribution in [0.25, 0.3) is 11.1 Å².